The van der Waals surface area contributed by atoms with E-state index in [1.807, 2.05) is 22.9 Å². The molecule has 9 heteroatoms. The fourth-order valence-corrected chi connectivity index (χ4v) is 5.20. The highest BCUT2D eigenvalue weighted by Crippen LogP contribution is 2.40. The molecular formula is C23H21FN6OS. The first-order valence-corrected chi connectivity index (χ1v) is 11.1. The van der Waals surface area contributed by atoms with Gasteiger partial charge in [0.1, 0.15) is 23.7 Å². The number of likely N-dealkylation sites (tertiary alicyclic amines) is 1. The number of rotatable bonds is 4. The molecule has 5 rings (SSSR count). The van der Waals surface area contributed by atoms with Crippen molar-refractivity contribution in [1.82, 2.24) is 24.6 Å². The van der Waals surface area contributed by atoms with Crippen molar-refractivity contribution in [3.63, 3.8) is 0 Å². The number of nitrogens with two attached hydrogens (primary N) is 1. The summed E-state index contributed by atoms with van der Waals surface area (Å²) in [4.78, 5) is 24.2. The maximum atomic E-state index is 14.3. The van der Waals surface area contributed by atoms with Crippen molar-refractivity contribution in [2.75, 3.05) is 18.8 Å². The minimum atomic E-state index is -0.270. The van der Waals surface area contributed by atoms with Gasteiger partial charge in [0.15, 0.2) is 5.65 Å². The van der Waals surface area contributed by atoms with Crippen molar-refractivity contribution in [2.24, 2.45) is 0 Å². The van der Waals surface area contributed by atoms with Gasteiger partial charge in [0.05, 0.1) is 16.3 Å². The number of amides is 1. The van der Waals surface area contributed by atoms with E-state index < -0.39 is 0 Å². The zero-order valence-corrected chi connectivity index (χ0v) is 18.1. The Balaban J connectivity index is 1.59. The first kappa shape index (κ1) is 20.3. The summed E-state index contributed by atoms with van der Waals surface area (Å²) < 4.78 is 16.1. The van der Waals surface area contributed by atoms with E-state index in [2.05, 4.69) is 16.5 Å². The van der Waals surface area contributed by atoms with Gasteiger partial charge in [-0.3, -0.25) is 4.79 Å². The Morgan fingerprint density at radius 3 is 2.84 bits per heavy atom. The molecule has 0 spiro atoms. The third kappa shape index (κ3) is 3.44. The number of hydrogen-bond acceptors (Lipinski definition) is 6. The van der Waals surface area contributed by atoms with E-state index in [1.165, 1.54) is 29.8 Å². The molecule has 1 aliphatic rings. The lowest BCUT2D eigenvalue weighted by Crippen LogP contribution is -2.40. The predicted octanol–water partition coefficient (Wildman–Crippen LogP) is 4.29. The molecule has 1 amide bonds. The van der Waals surface area contributed by atoms with Crippen LogP contribution in [0.3, 0.4) is 0 Å². The molecule has 162 valence electrons. The standard InChI is InChI=1S/C23H21FN6OS/c1-2-19(31)29-11-5-6-14(12-29)30-23-20(22(25)26-13-27-23)21(28-30)18-10-9-17(32-18)15-7-3-4-8-16(15)24/h2-4,7-10,13-14H,1,5-6,11-12H2,(H2,25,26,27). The lowest BCUT2D eigenvalue weighted by atomic mass is 10.1. The zero-order valence-electron chi connectivity index (χ0n) is 17.2. The SMILES string of the molecule is C=CC(=O)N1CCCC(n2nc(-c3ccc(-c4ccccc4F)s3)c3c(N)ncnc32)C1. The van der Waals surface area contributed by atoms with Crippen LogP contribution in [-0.2, 0) is 4.79 Å². The minimum Gasteiger partial charge on any atom is -0.383 e. The summed E-state index contributed by atoms with van der Waals surface area (Å²) in [5.41, 5.74) is 8.08. The number of benzene rings is 1. The fourth-order valence-electron chi connectivity index (χ4n) is 4.18. The van der Waals surface area contributed by atoms with Crippen molar-refractivity contribution >= 4 is 34.1 Å². The summed E-state index contributed by atoms with van der Waals surface area (Å²) in [6, 6.07) is 10.5. The molecule has 1 aromatic carbocycles. The molecule has 1 fully saturated rings. The molecule has 4 aromatic rings. The molecule has 0 aliphatic carbocycles. The van der Waals surface area contributed by atoms with Crippen molar-refractivity contribution in [2.45, 2.75) is 18.9 Å². The topological polar surface area (TPSA) is 89.9 Å². The van der Waals surface area contributed by atoms with E-state index >= 15 is 0 Å². The van der Waals surface area contributed by atoms with Gasteiger partial charge in [-0.1, -0.05) is 24.8 Å². The number of fused-ring (bicyclic) bond motifs is 1. The Bertz CT molecular complexity index is 1330. The van der Waals surface area contributed by atoms with E-state index in [0.717, 1.165) is 22.6 Å². The molecule has 0 bridgehead atoms. The lowest BCUT2D eigenvalue weighted by molar-refractivity contribution is -0.127. The van der Waals surface area contributed by atoms with Crippen LogP contribution < -0.4 is 5.73 Å². The van der Waals surface area contributed by atoms with Crippen LogP contribution in [0.25, 0.3) is 32.0 Å². The maximum Gasteiger partial charge on any atom is 0.246 e. The van der Waals surface area contributed by atoms with Gasteiger partial charge in [0, 0.05) is 23.5 Å². The van der Waals surface area contributed by atoms with Crippen LogP contribution in [-0.4, -0.2) is 43.6 Å². The van der Waals surface area contributed by atoms with Gasteiger partial charge in [-0.2, -0.15) is 5.10 Å². The van der Waals surface area contributed by atoms with E-state index in [9.17, 15) is 9.18 Å². The summed E-state index contributed by atoms with van der Waals surface area (Å²) >= 11 is 1.44. The molecule has 0 radical (unpaired) electrons. The van der Waals surface area contributed by atoms with Crippen LogP contribution in [0.15, 0.2) is 55.4 Å². The van der Waals surface area contributed by atoms with Crippen molar-refractivity contribution in [3.05, 3.63) is 61.2 Å². The van der Waals surface area contributed by atoms with Crippen molar-refractivity contribution < 1.29 is 9.18 Å². The van der Waals surface area contributed by atoms with Crippen LogP contribution in [0.5, 0.6) is 0 Å². The van der Waals surface area contributed by atoms with E-state index in [-0.39, 0.29) is 17.8 Å². The Morgan fingerprint density at radius 1 is 1.22 bits per heavy atom. The van der Waals surface area contributed by atoms with Gasteiger partial charge in [-0.25, -0.2) is 19.0 Å². The quantitative estimate of drug-likeness (QED) is 0.470. The first-order valence-electron chi connectivity index (χ1n) is 10.3. The molecule has 32 heavy (non-hydrogen) atoms. The monoisotopic (exact) mass is 448 g/mol. The minimum absolute atomic E-state index is 0.0378. The summed E-state index contributed by atoms with van der Waals surface area (Å²) in [5.74, 6) is -0.0199. The van der Waals surface area contributed by atoms with Crippen LogP contribution in [0, 0.1) is 5.82 Å². The van der Waals surface area contributed by atoms with E-state index in [4.69, 9.17) is 10.8 Å². The van der Waals surface area contributed by atoms with Crippen LogP contribution in [0.4, 0.5) is 10.2 Å². The number of anilines is 1. The van der Waals surface area contributed by atoms with Gasteiger partial charge in [-0.05, 0) is 37.1 Å². The van der Waals surface area contributed by atoms with Gasteiger partial charge in [0.2, 0.25) is 5.91 Å². The van der Waals surface area contributed by atoms with Gasteiger partial charge >= 0.3 is 0 Å². The maximum absolute atomic E-state index is 14.3. The van der Waals surface area contributed by atoms with Crippen LogP contribution >= 0.6 is 11.3 Å². The Hall–Kier alpha value is -3.59. The lowest BCUT2D eigenvalue weighted by Gasteiger charge is -2.32. The zero-order chi connectivity index (χ0) is 22.2. The second-order valence-electron chi connectivity index (χ2n) is 7.68. The van der Waals surface area contributed by atoms with Gasteiger partial charge < -0.3 is 10.6 Å². The molecule has 1 saturated heterocycles. The van der Waals surface area contributed by atoms with E-state index in [1.54, 1.807) is 17.0 Å². The third-order valence-electron chi connectivity index (χ3n) is 5.73. The third-order valence-corrected chi connectivity index (χ3v) is 6.85. The van der Waals surface area contributed by atoms with Crippen LogP contribution in [0.2, 0.25) is 0 Å². The Labute approximate surface area is 188 Å². The molecule has 1 aliphatic heterocycles. The average molecular weight is 449 g/mol. The normalized spacial score (nSPS) is 16.4. The molecule has 1 unspecified atom stereocenters. The highest BCUT2D eigenvalue weighted by atomic mass is 32.1. The molecule has 0 saturated carbocycles. The van der Waals surface area contributed by atoms with Crippen molar-refractivity contribution in [1.29, 1.82) is 0 Å². The smallest absolute Gasteiger partial charge is 0.246 e. The number of carbonyl (C=O) groups excluding carboxylic acids is 1. The summed E-state index contributed by atoms with van der Waals surface area (Å²) in [6.45, 7) is 4.82. The number of nitrogens with zero attached hydrogens (tertiary/aromatic N) is 5. The Morgan fingerprint density at radius 2 is 2.03 bits per heavy atom. The number of thiophene rings is 1. The van der Waals surface area contributed by atoms with Gasteiger partial charge in [-0.15, -0.1) is 11.3 Å². The highest BCUT2D eigenvalue weighted by Gasteiger charge is 2.28. The highest BCUT2D eigenvalue weighted by molar-refractivity contribution is 7.18. The van der Waals surface area contributed by atoms with Gasteiger partial charge in [0.25, 0.3) is 0 Å². The molecule has 7 nitrogen and oxygen atoms in total. The summed E-state index contributed by atoms with van der Waals surface area (Å²) in [7, 11) is 0. The summed E-state index contributed by atoms with van der Waals surface area (Å²) in [6.07, 6.45) is 4.49. The predicted molar refractivity (Wildman–Crippen MR) is 123 cm³/mol. The molecule has 3 aromatic heterocycles. The summed E-state index contributed by atoms with van der Waals surface area (Å²) in [5, 5.41) is 5.55. The van der Waals surface area contributed by atoms with Crippen molar-refractivity contribution in [3.8, 4) is 21.0 Å². The number of nitrogen functional groups attached to an aromatic ring is 1. The molecule has 2 N–H and O–H groups in total. The first-order chi connectivity index (χ1) is 15.6. The number of hydrogen-bond donors (Lipinski definition) is 1. The molecule has 4 heterocycles. The largest absolute Gasteiger partial charge is 0.383 e. The number of halogens is 1. The number of aromatic nitrogens is 4. The van der Waals surface area contributed by atoms with E-state index in [0.29, 0.717) is 41.2 Å². The van der Waals surface area contributed by atoms with Crippen LogP contribution in [0.1, 0.15) is 18.9 Å². The number of piperidine rings is 1. The second kappa shape index (κ2) is 8.16. The second-order valence-corrected chi connectivity index (χ2v) is 8.76. The Kier molecular flexibility index (Phi) is 5.18. The number of carbonyl (C=O) groups is 1. The molecular weight excluding hydrogens is 427 g/mol. The average Bonchev–Trinajstić information content (AvgIpc) is 3.45. The fraction of sp³-hybridized carbons (Fsp3) is 0.217. The molecule has 1 atom stereocenters.